The van der Waals surface area contributed by atoms with E-state index in [0.29, 0.717) is 11.1 Å². The Morgan fingerprint density at radius 1 is 1.33 bits per heavy atom. The number of hydrogen-bond acceptors (Lipinski definition) is 3. The molecule has 2 rings (SSSR count). The molecular weight excluding hydrogens is 286 g/mol. The van der Waals surface area contributed by atoms with Crippen LogP contribution >= 0.6 is 11.8 Å². The third-order valence-electron chi connectivity index (χ3n) is 3.48. The lowest BCUT2D eigenvalue weighted by atomic mass is 10.0. The van der Waals surface area contributed by atoms with E-state index in [-0.39, 0.29) is 11.9 Å². The standard InChI is InChI=1S/C16H19NO3S/c1-11-2-3-12(4-5-15(18)19)10-14(11)16(20)17-13-6-8-21-9-7-13/h2-5,10,13H,6-9H2,1H3,(H,17,20)(H,18,19)/b5-4+. The second kappa shape index (κ2) is 7.31. The first kappa shape index (κ1) is 15.6. The van der Waals surface area contributed by atoms with E-state index < -0.39 is 5.97 Å². The molecule has 1 aromatic carbocycles. The van der Waals surface area contributed by atoms with Crippen LogP contribution in [0.4, 0.5) is 0 Å². The van der Waals surface area contributed by atoms with Crippen molar-refractivity contribution in [2.75, 3.05) is 11.5 Å². The summed E-state index contributed by atoms with van der Waals surface area (Å²) in [6.45, 7) is 1.89. The van der Waals surface area contributed by atoms with Crippen molar-refractivity contribution in [3.63, 3.8) is 0 Å². The van der Waals surface area contributed by atoms with E-state index in [1.165, 1.54) is 6.08 Å². The van der Waals surface area contributed by atoms with Gasteiger partial charge in [0.1, 0.15) is 0 Å². The van der Waals surface area contributed by atoms with Crippen molar-refractivity contribution in [3.05, 3.63) is 41.0 Å². The maximum atomic E-state index is 12.4. The number of amides is 1. The van der Waals surface area contributed by atoms with Crippen LogP contribution in [0.25, 0.3) is 6.08 Å². The summed E-state index contributed by atoms with van der Waals surface area (Å²) >= 11 is 1.92. The van der Waals surface area contributed by atoms with Gasteiger partial charge in [-0.05, 0) is 54.5 Å². The summed E-state index contributed by atoms with van der Waals surface area (Å²) in [7, 11) is 0. The molecular formula is C16H19NO3S. The van der Waals surface area contributed by atoms with Gasteiger partial charge < -0.3 is 10.4 Å². The molecule has 5 heteroatoms. The zero-order valence-corrected chi connectivity index (χ0v) is 12.8. The predicted molar refractivity (Wildman–Crippen MR) is 85.7 cm³/mol. The molecule has 2 N–H and O–H groups in total. The van der Waals surface area contributed by atoms with E-state index in [1.54, 1.807) is 6.07 Å². The number of thioether (sulfide) groups is 1. The number of carboxylic acid groups (broad SMARTS) is 1. The van der Waals surface area contributed by atoms with Crippen molar-refractivity contribution in [2.24, 2.45) is 0 Å². The number of aliphatic carboxylic acids is 1. The Bertz CT molecular complexity index is 563. The van der Waals surface area contributed by atoms with Gasteiger partial charge in [-0.3, -0.25) is 4.79 Å². The number of rotatable bonds is 4. The molecule has 0 unspecified atom stereocenters. The Morgan fingerprint density at radius 3 is 2.71 bits per heavy atom. The third-order valence-corrected chi connectivity index (χ3v) is 4.53. The molecule has 1 fully saturated rings. The molecule has 0 aliphatic carbocycles. The van der Waals surface area contributed by atoms with Crippen LogP contribution in [-0.4, -0.2) is 34.5 Å². The molecule has 0 bridgehead atoms. The molecule has 1 aromatic rings. The van der Waals surface area contributed by atoms with E-state index in [0.717, 1.165) is 36.0 Å². The van der Waals surface area contributed by atoms with Crippen molar-refractivity contribution in [3.8, 4) is 0 Å². The lowest BCUT2D eigenvalue weighted by molar-refractivity contribution is -0.131. The molecule has 1 saturated heterocycles. The molecule has 1 aliphatic heterocycles. The number of nitrogens with one attached hydrogen (secondary N) is 1. The SMILES string of the molecule is Cc1ccc(/C=C/C(=O)O)cc1C(=O)NC1CCSCC1. The fraction of sp³-hybridized carbons (Fsp3) is 0.375. The van der Waals surface area contributed by atoms with Crippen molar-refractivity contribution in [1.82, 2.24) is 5.32 Å². The smallest absolute Gasteiger partial charge is 0.328 e. The van der Waals surface area contributed by atoms with Crippen LogP contribution < -0.4 is 5.32 Å². The summed E-state index contributed by atoms with van der Waals surface area (Å²) in [5, 5.41) is 11.7. The Labute approximate surface area is 128 Å². The maximum absolute atomic E-state index is 12.4. The summed E-state index contributed by atoms with van der Waals surface area (Å²) in [6, 6.07) is 5.63. The summed E-state index contributed by atoms with van der Waals surface area (Å²) in [5.74, 6) is 1.10. The zero-order chi connectivity index (χ0) is 15.2. The van der Waals surface area contributed by atoms with E-state index in [4.69, 9.17) is 5.11 Å². The van der Waals surface area contributed by atoms with Crippen LogP contribution in [-0.2, 0) is 4.79 Å². The minimum absolute atomic E-state index is 0.0741. The Kier molecular flexibility index (Phi) is 5.44. The van der Waals surface area contributed by atoms with Crippen molar-refractivity contribution < 1.29 is 14.7 Å². The van der Waals surface area contributed by atoms with Crippen LogP contribution in [0.3, 0.4) is 0 Å². The van der Waals surface area contributed by atoms with Gasteiger partial charge in [0.2, 0.25) is 0 Å². The van der Waals surface area contributed by atoms with Crippen molar-refractivity contribution in [2.45, 2.75) is 25.8 Å². The van der Waals surface area contributed by atoms with Crippen molar-refractivity contribution >= 4 is 29.7 Å². The molecule has 0 aromatic heterocycles. The minimum Gasteiger partial charge on any atom is -0.478 e. The van der Waals surface area contributed by atoms with Gasteiger partial charge in [0.25, 0.3) is 5.91 Å². The van der Waals surface area contributed by atoms with Gasteiger partial charge in [0.05, 0.1) is 0 Å². The molecule has 1 aliphatic rings. The normalized spacial score (nSPS) is 16.0. The molecule has 4 nitrogen and oxygen atoms in total. The minimum atomic E-state index is -0.999. The van der Waals surface area contributed by atoms with Crippen LogP contribution in [0.5, 0.6) is 0 Å². The van der Waals surface area contributed by atoms with Gasteiger partial charge in [-0.25, -0.2) is 4.79 Å². The summed E-state index contributed by atoms with van der Waals surface area (Å²) in [4.78, 5) is 22.9. The van der Waals surface area contributed by atoms with E-state index in [9.17, 15) is 9.59 Å². The highest BCUT2D eigenvalue weighted by Gasteiger charge is 2.18. The van der Waals surface area contributed by atoms with Crippen LogP contribution in [0.2, 0.25) is 0 Å². The molecule has 1 amide bonds. The van der Waals surface area contributed by atoms with Gasteiger partial charge in [-0.2, -0.15) is 11.8 Å². The Morgan fingerprint density at radius 2 is 2.05 bits per heavy atom. The molecule has 0 spiro atoms. The second-order valence-corrected chi connectivity index (χ2v) is 6.33. The molecule has 112 valence electrons. The second-order valence-electron chi connectivity index (χ2n) is 5.11. The number of benzene rings is 1. The first-order valence-corrected chi connectivity index (χ1v) is 8.12. The number of carbonyl (C=O) groups excluding carboxylic acids is 1. The fourth-order valence-corrected chi connectivity index (χ4v) is 3.37. The van der Waals surface area contributed by atoms with E-state index in [2.05, 4.69) is 5.32 Å². The van der Waals surface area contributed by atoms with Crippen LogP contribution in [0.15, 0.2) is 24.3 Å². The average molecular weight is 305 g/mol. The van der Waals surface area contributed by atoms with Crippen molar-refractivity contribution in [1.29, 1.82) is 0 Å². The number of hydrogen-bond donors (Lipinski definition) is 2. The van der Waals surface area contributed by atoms with Gasteiger partial charge in [0.15, 0.2) is 0 Å². The highest BCUT2D eigenvalue weighted by atomic mass is 32.2. The molecule has 21 heavy (non-hydrogen) atoms. The average Bonchev–Trinajstić information content (AvgIpc) is 2.47. The van der Waals surface area contributed by atoms with E-state index >= 15 is 0 Å². The topological polar surface area (TPSA) is 66.4 Å². The molecule has 1 heterocycles. The van der Waals surface area contributed by atoms with E-state index in [1.807, 2.05) is 30.8 Å². The van der Waals surface area contributed by atoms with Crippen LogP contribution in [0.1, 0.15) is 34.3 Å². The number of carboxylic acids is 1. The molecule has 0 saturated carbocycles. The summed E-state index contributed by atoms with van der Waals surface area (Å²) in [6.07, 6.45) is 4.59. The molecule has 0 radical (unpaired) electrons. The number of aryl methyl sites for hydroxylation is 1. The highest BCUT2D eigenvalue weighted by Crippen LogP contribution is 2.18. The maximum Gasteiger partial charge on any atom is 0.328 e. The van der Waals surface area contributed by atoms with Crippen LogP contribution in [0, 0.1) is 6.92 Å². The fourth-order valence-electron chi connectivity index (χ4n) is 2.26. The Balaban J connectivity index is 2.11. The quantitative estimate of drug-likeness (QED) is 0.839. The third kappa shape index (κ3) is 4.63. The lowest BCUT2D eigenvalue weighted by Crippen LogP contribution is -2.37. The van der Waals surface area contributed by atoms with Gasteiger partial charge in [-0.1, -0.05) is 12.1 Å². The molecule has 0 atom stereocenters. The predicted octanol–water partition coefficient (Wildman–Crippen LogP) is 2.72. The number of carbonyl (C=O) groups is 2. The largest absolute Gasteiger partial charge is 0.478 e. The van der Waals surface area contributed by atoms with Gasteiger partial charge in [0, 0.05) is 17.7 Å². The zero-order valence-electron chi connectivity index (χ0n) is 12.0. The summed E-state index contributed by atoms with van der Waals surface area (Å²) < 4.78 is 0. The highest BCUT2D eigenvalue weighted by molar-refractivity contribution is 7.99. The lowest BCUT2D eigenvalue weighted by Gasteiger charge is -2.23. The first-order chi connectivity index (χ1) is 10.1. The van der Waals surface area contributed by atoms with Gasteiger partial charge in [-0.15, -0.1) is 0 Å². The summed E-state index contributed by atoms with van der Waals surface area (Å²) in [5.41, 5.74) is 2.22. The monoisotopic (exact) mass is 305 g/mol. The van der Waals surface area contributed by atoms with Gasteiger partial charge >= 0.3 is 5.97 Å². The Hall–Kier alpha value is -1.75. The first-order valence-electron chi connectivity index (χ1n) is 6.96.